The van der Waals surface area contributed by atoms with Gasteiger partial charge in [-0.05, 0) is 6.07 Å². The summed E-state index contributed by atoms with van der Waals surface area (Å²) in [4.78, 5) is 19.4. The lowest BCUT2D eigenvalue weighted by atomic mass is 9.81. The van der Waals surface area contributed by atoms with Crippen molar-refractivity contribution in [3.8, 4) is 11.4 Å². The number of H-pyrrole nitrogens is 1. The molecule has 3 aromatic rings. The predicted molar refractivity (Wildman–Crippen MR) is 86.7 cm³/mol. The first-order chi connectivity index (χ1) is 11.8. The number of nitrogens with zero attached hydrogens (tertiary/aromatic N) is 2. The van der Waals surface area contributed by atoms with Crippen LogP contribution in [0.3, 0.4) is 0 Å². The second-order valence-electron chi connectivity index (χ2n) is 6.52. The Bertz CT molecular complexity index is 967. The van der Waals surface area contributed by atoms with Gasteiger partial charge in [0, 0.05) is 41.5 Å². The fourth-order valence-electron chi connectivity index (χ4n) is 3.82. The Kier molecular flexibility index (Phi) is 2.89. The smallest absolute Gasteiger partial charge is 0.249 e. The van der Waals surface area contributed by atoms with Gasteiger partial charge in [-0.2, -0.15) is 4.98 Å². The van der Waals surface area contributed by atoms with E-state index < -0.39 is 0 Å². The topological polar surface area (TPSA) is 93.0 Å². The lowest BCUT2D eigenvalue weighted by Crippen LogP contribution is -2.35. The highest BCUT2D eigenvalue weighted by Crippen LogP contribution is 2.40. The first-order valence-corrected chi connectivity index (χ1v) is 8.01. The van der Waals surface area contributed by atoms with Crippen LogP contribution in [0.15, 0.2) is 39.6 Å². The first-order valence-electron chi connectivity index (χ1n) is 8.01. The summed E-state index contributed by atoms with van der Waals surface area (Å²) in [6, 6.07) is 9.12. The molecule has 5 rings (SSSR count). The number of aromatic nitrogens is 3. The molecule has 2 fully saturated rings. The van der Waals surface area contributed by atoms with E-state index in [-0.39, 0.29) is 11.0 Å². The van der Waals surface area contributed by atoms with Crippen LogP contribution < -0.4 is 10.9 Å². The van der Waals surface area contributed by atoms with Gasteiger partial charge in [0.15, 0.2) is 0 Å². The average Bonchev–Trinajstić information content (AvgIpc) is 3.28. The van der Waals surface area contributed by atoms with Crippen LogP contribution in [-0.4, -0.2) is 41.4 Å². The van der Waals surface area contributed by atoms with Gasteiger partial charge in [0.2, 0.25) is 17.3 Å². The SMILES string of the molecule is O=c1cc(-c2noc([C@]34CNC[C@H]3COC4)n2)c2ccccc2[nH]1. The number of nitrogens with one attached hydrogen (secondary N) is 2. The molecule has 0 spiro atoms. The standard InChI is InChI=1S/C17H16N4O3/c22-14-5-12(11-3-1-2-4-13(11)19-14)15-20-16(24-21-15)17-8-18-6-10(17)7-23-9-17/h1-5,10,18H,6-9H2,(H,19,22)/t10-,17-/m0/s1. The first kappa shape index (κ1) is 13.9. The Morgan fingerprint density at radius 2 is 2.21 bits per heavy atom. The molecular formula is C17H16N4O3. The second-order valence-corrected chi connectivity index (χ2v) is 6.52. The van der Waals surface area contributed by atoms with Gasteiger partial charge in [-0.25, -0.2) is 0 Å². The van der Waals surface area contributed by atoms with Crippen LogP contribution in [0.25, 0.3) is 22.3 Å². The van der Waals surface area contributed by atoms with E-state index in [2.05, 4.69) is 20.4 Å². The molecule has 2 aromatic heterocycles. The molecule has 122 valence electrons. The van der Waals surface area contributed by atoms with E-state index in [1.54, 1.807) is 0 Å². The summed E-state index contributed by atoms with van der Waals surface area (Å²) < 4.78 is 11.3. The summed E-state index contributed by atoms with van der Waals surface area (Å²) in [6.07, 6.45) is 0. The predicted octanol–water partition coefficient (Wildman–Crippen LogP) is 1.07. The molecule has 0 aliphatic carbocycles. The Morgan fingerprint density at radius 3 is 3.17 bits per heavy atom. The minimum absolute atomic E-state index is 0.183. The van der Waals surface area contributed by atoms with Crippen LogP contribution in [-0.2, 0) is 10.2 Å². The normalized spacial score (nSPS) is 26.1. The van der Waals surface area contributed by atoms with E-state index in [0.29, 0.717) is 36.4 Å². The zero-order valence-corrected chi connectivity index (χ0v) is 12.9. The zero-order valence-electron chi connectivity index (χ0n) is 12.9. The molecule has 0 saturated carbocycles. The molecule has 0 unspecified atom stereocenters. The molecule has 2 saturated heterocycles. The summed E-state index contributed by atoms with van der Waals surface area (Å²) >= 11 is 0. The maximum atomic E-state index is 12.0. The number of fused-ring (bicyclic) bond motifs is 2. The summed E-state index contributed by atoms with van der Waals surface area (Å²) in [5.74, 6) is 1.38. The van der Waals surface area contributed by atoms with Crippen molar-refractivity contribution in [1.82, 2.24) is 20.4 Å². The van der Waals surface area contributed by atoms with Gasteiger partial charge in [0.1, 0.15) is 0 Å². The average molecular weight is 324 g/mol. The molecule has 2 aliphatic rings. The Hall–Kier alpha value is -2.51. The Morgan fingerprint density at radius 1 is 1.29 bits per heavy atom. The maximum Gasteiger partial charge on any atom is 0.249 e. The minimum atomic E-state index is -0.248. The molecule has 4 heterocycles. The molecule has 0 radical (unpaired) electrons. The van der Waals surface area contributed by atoms with Crippen molar-refractivity contribution in [1.29, 1.82) is 0 Å². The van der Waals surface area contributed by atoms with Crippen LogP contribution in [0.5, 0.6) is 0 Å². The highest BCUT2D eigenvalue weighted by Gasteiger charge is 2.52. The summed E-state index contributed by atoms with van der Waals surface area (Å²) in [6.45, 7) is 2.96. The van der Waals surface area contributed by atoms with Crippen LogP contribution >= 0.6 is 0 Å². The molecule has 2 N–H and O–H groups in total. The largest absolute Gasteiger partial charge is 0.380 e. The minimum Gasteiger partial charge on any atom is -0.380 e. The van der Waals surface area contributed by atoms with Gasteiger partial charge in [0.05, 0.1) is 18.6 Å². The molecule has 0 amide bonds. The molecule has 7 nitrogen and oxygen atoms in total. The third-order valence-electron chi connectivity index (χ3n) is 5.13. The van der Waals surface area contributed by atoms with Crippen molar-refractivity contribution in [2.24, 2.45) is 5.92 Å². The molecule has 24 heavy (non-hydrogen) atoms. The third-order valence-corrected chi connectivity index (χ3v) is 5.13. The summed E-state index contributed by atoms with van der Waals surface area (Å²) in [5.41, 5.74) is 1.01. The number of ether oxygens (including phenoxy) is 1. The number of hydrogen-bond donors (Lipinski definition) is 2. The van der Waals surface area contributed by atoms with E-state index in [1.807, 2.05) is 24.3 Å². The molecule has 1 aromatic carbocycles. The lowest BCUT2D eigenvalue weighted by Gasteiger charge is -2.20. The van der Waals surface area contributed by atoms with Gasteiger partial charge >= 0.3 is 0 Å². The molecule has 0 bridgehead atoms. The van der Waals surface area contributed by atoms with Gasteiger partial charge < -0.3 is 19.6 Å². The van der Waals surface area contributed by atoms with Gasteiger partial charge in [-0.15, -0.1) is 0 Å². The number of para-hydroxylation sites is 1. The van der Waals surface area contributed by atoms with Crippen LogP contribution in [0.1, 0.15) is 5.89 Å². The van der Waals surface area contributed by atoms with Crippen molar-refractivity contribution in [2.75, 3.05) is 26.3 Å². The van der Waals surface area contributed by atoms with E-state index in [9.17, 15) is 4.79 Å². The van der Waals surface area contributed by atoms with Gasteiger partial charge in [-0.1, -0.05) is 23.4 Å². The molecule has 2 atom stereocenters. The van der Waals surface area contributed by atoms with Crippen LogP contribution in [0.2, 0.25) is 0 Å². The van der Waals surface area contributed by atoms with Gasteiger partial charge in [0.25, 0.3) is 0 Å². The quantitative estimate of drug-likeness (QED) is 0.732. The lowest BCUT2D eigenvalue weighted by molar-refractivity contribution is 0.161. The highest BCUT2D eigenvalue weighted by atomic mass is 16.5. The van der Waals surface area contributed by atoms with Crippen molar-refractivity contribution in [2.45, 2.75) is 5.41 Å². The number of pyridine rings is 1. The number of benzene rings is 1. The number of rotatable bonds is 2. The maximum absolute atomic E-state index is 12.0. The van der Waals surface area contributed by atoms with Crippen LogP contribution in [0, 0.1) is 5.92 Å². The zero-order chi connectivity index (χ0) is 16.1. The Balaban J connectivity index is 1.65. The van der Waals surface area contributed by atoms with Crippen molar-refractivity contribution < 1.29 is 9.26 Å². The van der Waals surface area contributed by atoms with Gasteiger partial charge in [-0.3, -0.25) is 4.79 Å². The fraction of sp³-hybridized carbons (Fsp3) is 0.353. The monoisotopic (exact) mass is 324 g/mol. The Labute approximate surface area is 137 Å². The third kappa shape index (κ3) is 1.88. The van der Waals surface area contributed by atoms with Crippen LogP contribution in [0.4, 0.5) is 0 Å². The van der Waals surface area contributed by atoms with E-state index in [0.717, 1.165) is 24.0 Å². The number of hydrogen-bond acceptors (Lipinski definition) is 6. The molecule has 7 heteroatoms. The van der Waals surface area contributed by atoms with E-state index in [4.69, 9.17) is 9.26 Å². The van der Waals surface area contributed by atoms with E-state index in [1.165, 1.54) is 6.07 Å². The summed E-state index contributed by atoms with van der Waals surface area (Å²) in [5, 5.41) is 8.44. The second kappa shape index (κ2) is 4.99. The summed E-state index contributed by atoms with van der Waals surface area (Å²) in [7, 11) is 0. The van der Waals surface area contributed by atoms with E-state index >= 15 is 0 Å². The number of aromatic amines is 1. The van der Waals surface area contributed by atoms with Crippen molar-refractivity contribution in [3.05, 3.63) is 46.6 Å². The van der Waals surface area contributed by atoms with Crippen molar-refractivity contribution in [3.63, 3.8) is 0 Å². The highest BCUT2D eigenvalue weighted by molar-refractivity contribution is 5.92. The van der Waals surface area contributed by atoms with Crippen molar-refractivity contribution >= 4 is 10.9 Å². The fourth-order valence-corrected chi connectivity index (χ4v) is 3.82. The molecular weight excluding hydrogens is 308 g/mol. The molecule has 2 aliphatic heterocycles.